The van der Waals surface area contributed by atoms with Crippen LogP contribution >= 0.6 is 23.2 Å². The lowest BCUT2D eigenvalue weighted by molar-refractivity contribution is 0.102. The minimum absolute atomic E-state index is 0.235. The average Bonchev–Trinajstić information content (AvgIpc) is 2.63. The molecule has 1 aromatic heterocycles. The van der Waals surface area contributed by atoms with Crippen LogP contribution in [0.2, 0.25) is 10.0 Å². The van der Waals surface area contributed by atoms with E-state index in [1.54, 1.807) is 18.2 Å². The van der Waals surface area contributed by atoms with E-state index < -0.39 is 0 Å². The van der Waals surface area contributed by atoms with E-state index in [-0.39, 0.29) is 11.6 Å². The summed E-state index contributed by atoms with van der Waals surface area (Å²) in [5, 5.41) is 6.71. The molecule has 0 saturated heterocycles. The topological polar surface area (TPSA) is 66.9 Å². The van der Waals surface area contributed by atoms with Gasteiger partial charge in [0.2, 0.25) is 5.95 Å². The molecule has 3 rings (SSSR count). The van der Waals surface area contributed by atoms with Gasteiger partial charge in [0.05, 0.1) is 10.7 Å². The number of halogens is 2. The molecule has 7 heteroatoms. The van der Waals surface area contributed by atoms with Crippen molar-refractivity contribution in [2.75, 3.05) is 10.6 Å². The summed E-state index contributed by atoms with van der Waals surface area (Å²) in [7, 11) is 0. The Morgan fingerprint density at radius 1 is 1.12 bits per heavy atom. The first-order valence-corrected chi connectivity index (χ1v) is 8.66. The highest BCUT2D eigenvalue weighted by molar-refractivity contribution is 6.36. The molecule has 132 valence electrons. The average molecular weight is 387 g/mol. The number of carbonyl (C=O) groups is 1. The van der Waals surface area contributed by atoms with Crippen molar-refractivity contribution in [1.29, 1.82) is 0 Å². The van der Waals surface area contributed by atoms with E-state index in [2.05, 4.69) is 20.6 Å². The molecular formula is C19H16Cl2N4O. The number of carbonyl (C=O) groups excluding carboxylic acids is 1. The number of hydrogen-bond donors (Lipinski definition) is 2. The summed E-state index contributed by atoms with van der Waals surface area (Å²) in [4.78, 5) is 20.8. The Kier molecular flexibility index (Phi) is 5.71. The SMILES string of the molecule is Cc1ccccc1CNc1nccc(C(=O)Nc2ccc(Cl)cc2Cl)n1. The smallest absolute Gasteiger partial charge is 0.274 e. The zero-order valence-corrected chi connectivity index (χ0v) is 15.5. The highest BCUT2D eigenvalue weighted by Crippen LogP contribution is 2.25. The van der Waals surface area contributed by atoms with Gasteiger partial charge in [-0.3, -0.25) is 4.79 Å². The molecule has 1 amide bonds. The summed E-state index contributed by atoms with van der Waals surface area (Å²) in [5.74, 6) is -0.00123. The largest absolute Gasteiger partial charge is 0.350 e. The van der Waals surface area contributed by atoms with E-state index >= 15 is 0 Å². The number of nitrogens with one attached hydrogen (secondary N) is 2. The van der Waals surface area contributed by atoms with Crippen LogP contribution in [0, 0.1) is 6.92 Å². The lowest BCUT2D eigenvalue weighted by Gasteiger charge is -2.09. The molecule has 0 fully saturated rings. The molecule has 0 aliphatic carbocycles. The highest BCUT2D eigenvalue weighted by atomic mass is 35.5. The maximum atomic E-state index is 12.4. The van der Waals surface area contributed by atoms with Crippen LogP contribution in [-0.4, -0.2) is 15.9 Å². The predicted molar refractivity (Wildman–Crippen MR) is 105 cm³/mol. The quantitative estimate of drug-likeness (QED) is 0.650. The minimum Gasteiger partial charge on any atom is -0.350 e. The molecule has 3 aromatic rings. The Bertz CT molecular complexity index is 946. The van der Waals surface area contributed by atoms with E-state index in [9.17, 15) is 4.79 Å². The normalized spacial score (nSPS) is 10.4. The van der Waals surface area contributed by atoms with E-state index in [0.717, 1.165) is 5.56 Å². The van der Waals surface area contributed by atoms with Crippen molar-refractivity contribution in [3.63, 3.8) is 0 Å². The van der Waals surface area contributed by atoms with Gasteiger partial charge in [-0.15, -0.1) is 0 Å². The molecule has 0 aliphatic rings. The standard InChI is InChI=1S/C19H16Cl2N4O/c1-12-4-2-3-5-13(12)11-23-19-22-9-8-17(25-19)18(26)24-16-7-6-14(20)10-15(16)21/h2-10H,11H2,1H3,(H,24,26)(H,22,23,25). The van der Waals surface area contributed by atoms with Crippen molar-refractivity contribution in [3.05, 3.63) is 81.6 Å². The molecule has 0 atom stereocenters. The first-order valence-electron chi connectivity index (χ1n) is 7.91. The summed E-state index contributed by atoms with van der Waals surface area (Å²) in [6, 6.07) is 14.4. The molecule has 0 saturated carbocycles. The van der Waals surface area contributed by atoms with E-state index in [1.807, 2.05) is 31.2 Å². The second-order valence-corrected chi connectivity index (χ2v) is 6.47. The van der Waals surface area contributed by atoms with Gasteiger partial charge in [0, 0.05) is 17.8 Å². The third-order valence-electron chi connectivity index (χ3n) is 3.77. The second-order valence-electron chi connectivity index (χ2n) is 5.62. The number of anilines is 2. The molecule has 0 bridgehead atoms. The molecule has 2 N–H and O–H groups in total. The number of nitrogens with zero attached hydrogens (tertiary/aromatic N) is 2. The molecule has 0 spiro atoms. The van der Waals surface area contributed by atoms with Crippen LogP contribution in [0.5, 0.6) is 0 Å². The van der Waals surface area contributed by atoms with Crippen molar-refractivity contribution in [3.8, 4) is 0 Å². The van der Waals surface area contributed by atoms with Gasteiger partial charge in [0.25, 0.3) is 5.91 Å². The van der Waals surface area contributed by atoms with Gasteiger partial charge in [0.1, 0.15) is 5.69 Å². The highest BCUT2D eigenvalue weighted by Gasteiger charge is 2.11. The van der Waals surface area contributed by atoms with Crippen molar-refractivity contribution >= 4 is 40.7 Å². The third kappa shape index (κ3) is 4.50. The molecule has 0 radical (unpaired) electrons. The number of amides is 1. The zero-order chi connectivity index (χ0) is 18.5. The van der Waals surface area contributed by atoms with Gasteiger partial charge >= 0.3 is 0 Å². The number of aryl methyl sites for hydroxylation is 1. The molecule has 2 aromatic carbocycles. The van der Waals surface area contributed by atoms with Crippen LogP contribution in [0.25, 0.3) is 0 Å². The second kappa shape index (κ2) is 8.17. The lowest BCUT2D eigenvalue weighted by atomic mass is 10.1. The van der Waals surface area contributed by atoms with Crippen LogP contribution < -0.4 is 10.6 Å². The first kappa shape index (κ1) is 18.2. The fraction of sp³-hybridized carbons (Fsp3) is 0.105. The monoisotopic (exact) mass is 386 g/mol. The Labute approximate surface area is 161 Å². The van der Waals surface area contributed by atoms with Gasteiger partial charge in [-0.1, -0.05) is 47.5 Å². The van der Waals surface area contributed by atoms with Crippen LogP contribution in [0.3, 0.4) is 0 Å². The van der Waals surface area contributed by atoms with Crippen LogP contribution in [-0.2, 0) is 6.54 Å². The Morgan fingerprint density at radius 3 is 2.69 bits per heavy atom. The maximum absolute atomic E-state index is 12.4. The van der Waals surface area contributed by atoms with Crippen LogP contribution in [0.1, 0.15) is 21.6 Å². The minimum atomic E-state index is -0.379. The number of aromatic nitrogens is 2. The number of benzene rings is 2. The van der Waals surface area contributed by atoms with Crippen LogP contribution in [0.15, 0.2) is 54.7 Å². The number of hydrogen-bond acceptors (Lipinski definition) is 4. The van der Waals surface area contributed by atoms with E-state index in [0.29, 0.717) is 28.2 Å². The molecule has 0 aliphatic heterocycles. The van der Waals surface area contributed by atoms with Crippen LogP contribution in [0.4, 0.5) is 11.6 Å². The maximum Gasteiger partial charge on any atom is 0.274 e. The van der Waals surface area contributed by atoms with Crippen molar-refractivity contribution in [2.24, 2.45) is 0 Å². The van der Waals surface area contributed by atoms with Crippen molar-refractivity contribution in [2.45, 2.75) is 13.5 Å². The fourth-order valence-corrected chi connectivity index (χ4v) is 2.79. The van der Waals surface area contributed by atoms with E-state index in [4.69, 9.17) is 23.2 Å². The van der Waals surface area contributed by atoms with Gasteiger partial charge in [-0.05, 0) is 42.3 Å². The molecular weight excluding hydrogens is 371 g/mol. The van der Waals surface area contributed by atoms with Gasteiger partial charge in [-0.2, -0.15) is 0 Å². The summed E-state index contributed by atoms with van der Waals surface area (Å²) < 4.78 is 0. The first-order chi connectivity index (χ1) is 12.5. The molecule has 5 nitrogen and oxygen atoms in total. The molecule has 0 unspecified atom stereocenters. The number of rotatable bonds is 5. The van der Waals surface area contributed by atoms with Gasteiger partial charge in [-0.25, -0.2) is 9.97 Å². The fourth-order valence-electron chi connectivity index (χ4n) is 2.33. The third-order valence-corrected chi connectivity index (χ3v) is 4.31. The summed E-state index contributed by atoms with van der Waals surface area (Å²) in [5.41, 5.74) is 3.01. The van der Waals surface area contributed by atoms with Gasteiger partial charge in [0.15, 0.2) is 0 Å². The lowest BCUT2D eigenvalue weighted by Crippen LogP contribution is -2.15. The summed E-state index contributed by atoms with van der Waals surface area (Å²) in [6.45, 7) is 2.61. The predicted octanol–water partition coefficient (Wildman–Crippen LogP) is 4.96. The Morgan fingerprint density at radius 2 is 1.92 bits per heavy atom. The van der Waals surface area contributed by atoms with Crippen molar-refractivity contribution < 1.29 is 4.79 Å². The van der Waals surface area contributed by atoms with Crippen molar-refractivity contribution in [1.82, 2.24) is 9.97 Å². The Hall–Kier alpha value is -2.63. The summed E-state index contributed by atoms with van der Waals surface area (Å²) >= 11 is 11.9. The molecule has 1 heterocycles. The summed E-state index contributed by atoms with van der Waals surface area (Å²) in [6.07, 6.45) is 1.53. The Balaban J connectivity index is 1.70. The molecule has 26 heavy (non-hydrogen) atoms. The van der Waals surface area contributed by atoms with Gasteiger partial charge < -0.3 is 10.6 Å². The zero-order valence-electron chi connectivity index (χ0n) is 14.0. The van der Waals surface area contributed by atoms with E-state index in [1.165, 1.54) is 17.8 Å².